The monoisotopic (exact) mass is 287 g/mol. The molecule has 114 valence electrons. The number of nitrogens with zero attached hydrogens (tertiary/aromatic N) is 1. The largest absolute Gasteiger partial charge is 0.381 e. The van der Waals surface area contributed by atoms with E-state index in [1.54, 1.807) is 0 Å². The van der Waals surface area contributed by atoms with Crippen molar-refractivity contribution in [3.63, 3.8) is 0 Å². The molecule has 21 heavy (non-hydrogen) atoms. The molecule has 0 N–H and O–H groups in total. The Labute approximate surface area is 127 Å². The normalized spacial score (nSPS) is 29.6. The van der Waals surface area contributed by atoms with Gasteiger partial charge in [0.1, 0.15) is 0 Å². The van der Waals surface area contributed by atoms with Crippen molar-refractivity contribution in [2.24, 2.45) is 11.8 Å². The Bertz CT molecular complexity index is 467. The van der Waals surface area contributed by atoms with E-state index in [0.717, 1.165) is 39.0 Å². The van der Waals surface area contributed by atoms with Crippen LogP contribution in [0.15, 0.2) is 30.3 Å². The Balaban J connectivity index is 1.67. The fraction of sp³-hybridized carbons (Fsp3) is 0.611. The minimum Gasteiger partial charge on any atom is -0.381 e. The Morgan fingerprint density at radius 2 is 2.10 bits per heavy atom. The third-order valence-electron chi connectivity index (χ3n) is 5.08. The summed E-state index contributed by atoms with van der Waals surface area (Å²) in [5.41, 5.74) is 1.43. The SMILES string of the molecule is CCC1CN(C(=O)C2CCOC2)CCC1c1ccccc1. The molecular weight excluding hydrogens is 262 g/mol. The van der Waals surface area contributed by atoms with E-state index < -0.39 is 0 Å². The number of hydrogen-bond donors (Lipinski definition) is 0. The van der Waals surface area contributed by atoms with E-state index in [4.69, 9.17) is 4.74 Å². The Hall–Kier alpha value is -1.35. The molecule has 3 rings (SSSR count). The van der Waals surface area contributed by atoms with Gasteiger partial charge in [0.2, 0.25) is 5.91 Å². The van der Waals surface area contributed by atoms with E-state index in [9.17, 15) is 4.79 Å². The maximum Gasteiger partial charge on any atom is 0.228 e. The summed E-state index contributed by atoms with van der Waals surface area (Å²) >= 11 is 0. The highest BCUT2D eigenvalue weighted by molar-refractivity contribution is 5.79. The Kier molecular flexibility index (Phi) is 4.59. The fourth-order valence-corrected chi connectivity index (χ4v) is 3.77. The highest BCUT2D eigenvalue weighted by Gasteiger charge is 2.34. The average Bonchev–Trinajstić information content (AvgIpc) is 3.09. The molecule has 0 aromatic heterocycles. The minimum absolute atomic E-state index is 0.107. The molecule has 3 nitrogen and oxygen atoms in total. The van der Waals surface area contributed by atoms with Crippen molar-refractivity contribution in [3.05, 3.63) is 35.9 Å². The summed E-state index contributed by atoms with van der Waals surface area (Å²) in [5.74, 6) is 1.60. The molecule has 2 aliphatic heterocycles. The maximum absolute atomic E-state index is 12.6. The zero-order chi connectivity index (χ0) is 14.7. The van der Waals surface area contributed by atoms with Gasteiger partial charge in [-0.05, 0) is 30.2 Å². The second kappa shape index (κ2) is 6.61. The molecule has 2 fully saturated rings. The zero-order valence-corrected chi connectivity index (χ0v) is 12.8. The third-order valence-corrected chi connectivity index (χ3v) is 5.08. The summed E-state index contributed by atoms with van der Waals surface area (Å²) in [4.78, 5) is 14.6. The van der Waals surface area contributed by atoms with Crippen LogP contribution in [0.5, 0.6) is 0 Å². The number of carbonyl (C=O) groups excluding carboxylic acids is 1. The molecule has 1 amide bonds. The first-order chi connectivity index (χ1) is 10.3. The first-order valence-electron chi connectivity index (χ1n) is 8.21. The lowest BCUT2D eigenvalue weighted by molar-refractivity contribution is -0.137. The van der Waals surface area contributed by atoms with Crippen LogP contribution in [0.3, 0.4) is 0 Å². The molecule has 3 unspecified atom stereocenters. The van der Waals surface area contributed by atoms with Crippen LogP contribution >= 0.6 is 0 Å². The number of amides is 1. The van der Waals surface area contributed by atoms with Gasteiger partial charge in [0.25, 0.3) is 0 Å². The Morgan fingerprint density at radius 1 is 1.29 bits per heavy atom. The van der Waals surface area contributed by atoms with Gasteiger partial charge in [-0.15, -0.1) is 0 Å². The van der Waals surface area contributed by atoms with E-state index in [2.05, 4.69) is 42.2 Å². The standard InChI is InChI=1S/C18H25NO2/c1-2-14-12-19(18(20)16-9-11-21-13-16)10-8-17(14)15-6-4-3-5-7-15/h3-7,14,16-17H,2,8-13H2,1H3. The van der Waals surface area contributed by atoms with Crippen LogP contribution in [0, 0.1) is 11.8 Å². The molecular formula is C18H25NO2. The van der Waals surface area contributed by atoms with Crippen molar-refractivity contribution in [2.45, 2.75) is 32.1 Å². The topological polar surface area (TPSA) is 29.5 Å². The lowest BCUT2D eigenvalue weighted by atomic mass is 9.79. The van der Waals surface area contributed by atoms with Gasteiger partial charge < -0.3 is 9.64 Å². The maximum atomic E-state index is 12.6. The van der Waals surface area contributed by atoms with Crippen molar-refractivity contribution >= 4 is 5.91 Å². The molecule has 2 aliphatic rings. The number of rotatable bonds is 3. The molecule has 3 atom stereocenters. The van der Waals surface area contributed by atoms with Crippen molar-refractivity contribution in [3.8, 4) is 0 Å². The van der Waals surface area contributed by atoms with Gasteiger partial charge in [-0.1, -0.05) is 43.7 Å². The van der Waals surface area contributed by atoms with E-state index in [1.165, 1.54) is 5.56 Å². The summed E-state index contributed by atoms with van der Waals surface area (Å²) in [6.45, 7) is 5.41. The Morgan fingerprint density at radius 3 is 2.76 bits per heavy atom. The predicted octanol–water partition coefficient (Wildman–Crippen LogP) is 3.07. The van der Waals surface area contributed by atoms with Crippen molar-refractivity contribution < 1.29 is 9.53 Å². The van der Waals surface area contributed by atoms with Crippen molar-refractivity contribution in [2.75, 3.05) is 26.3 Å². The number of carbonyl (C=O) groups is 1. The third kappa shape index (κ3) is 3.13. The number of piperidine rings is 1. The fourth-order valence-electron chi connectivity index (χ4n) is 3.77. The van der Waals surface area contributed by atoms with E-state index in [0.29, 0.717) is 24.3 Å². The lowest BCUT2D eigenvalue weighted by Gasteiger charge is -2.39. The molecule has 2 heterocycles. The average molecular weight is 287 g/mol. The first-order valence-corrected chi connectivity index (χ1v) is 8.21. The summed E-state index contributed by atoms with van der Waals surface area (Å²) in [6.07, 6.45) is 3.11. The summed E-state index contributed by atoms with van der Waals surface area (Å²) < 4.78 is 5.37. The van der Waals surface area contributed by atoms with E-state index >= 15 is 0 Å². The highest BCUT2D eigenvalue weighted by Crippen LogP contribution is 2.35. The van der Waals surface area contributed by atoms with Crippen LogP contribution in [0.25, 0.3) is 0 Å². The molecule has 0 spiro atoms. The van der Waals surface area contributed by atoms with E-state index in [1.807, 2.05) is 0 Å². The summed E-state index contributed by atoms with van der Waals surface area (Å²) in [7, 11) is 0. The van der Waals surface area contributed by atoms with Crippen LogP contribution in [-0.4, -0.2) is 37.1 Å². The van der Waals surface area contributed by atoms with Crippen molar-refractivity contribution in [1.82, 2.24) is 4.90 Å². The zero-order valence-electron chi connectivity index (χ0n) is 12.8. The van der Waals surface area contributed by atoms with Gasteiger partial charge in [0.15, 0.2) is 0 Å². The van der Waals surface area contributed by atoms with Gasteiger partial charge in [-0.25, -0.2) is 0 Å². The van der Waals surface area contributed by atoms with Gasteiger partial charge in [0.05, 0.1) is 12.5 Å². The summed E-state index contributed by atoms with van der Waals surface area (Å²) in [6, 6.07) is 10.8. The summed E-state index contributed by atoms with van der Waals surface area (Å²) in [5, 5.41) is 0. The van der Waals surface area contributed by atoms with Crippen LogP contribution in [0.1, 0.15) is 37.7 Å². The molecule has 1 aromatic carbocycles. The number of likely N-dealkylation sites (tertiary alicyclic amines) is 1. The molecule has 0 bridgehead atoms. The quantitative estimate of drug-likeness (QED) is 0.855. The van der Waals surface area contributed by atoms with Crippen LogP contribution in [0.4, 0.5) is 0 Å². The van der Waals surface area contributed by atoms with Crippen LogP contribution in [-0.2, 0) is 9.53 Å². The van der Waals surface area contributed by atoms with E-state index in [-0.39, 0.29) is 5.92 Å². The molecule has 0 radical (unpaired) electrons. The predicted molar refractivity (Wildman–Crippen MR) is 83.1 cm³/mol. The molecule has 0 saturated carbocycles. The van der Waals surface area contributed by atoms with Crippen LogP contribution < -0.4 is 0 Å². The van der Waals surface area contributed by atoms with Gasteiger partial charge in [-0.2, -0.15) is 0 Å². The van der Waals surface area contributed by atoms with Crippen LogP contribution in [0.2, 0.25) is 0 Å². The molecule has 1 aromatic rings. The number of benzene rings is 1. The van der Waals surface area contributed by atoms with Gasteiger partial charge in [0, 0.05) is 19.7 Å². The second-order valence-electron chi connectivity index (χ2n) is 6.32. The number of hydrogen-bond acceptors (Lipinski definition) is 2. The molecule has 3 heteroatoms. The number of ether oxygens (including phenoxy) is 1. The van der Waals surface area contributed by atoms with Gasteiger partial charge >= 0.3 is 0 Å². The molecule has 2 saturated heterocycles. The first kappa shape index (κ1) is 14.6. The smallest absolute Gasteiger partial charge is 0.228 e. The molecule has 0 aliphatic carbocycles. The van der Waals surface area contributed by atoms with Gasteiger partial charge in [-0.3, -0.25) is 4.79 Å². The second-order valence-corrected chi connectivity index (χ2v) is 6.32. The lowest BCUT2D eigenvalue weighted by Crippen LogP contribution is -2.45. The van der Waals surface area contributed by atoms with Crippen molar-refractivity contribution in [1.29, 1.82) is 0 Å². The minimum atomic E-state index is 0.107. The highest BCUT2D eigenvalue weighted by atomic mass is 16.5.